The zero-order valence-electron chi connectivity index (χ0n) is 10.4. The van der Waals surface area contributed by atoms with Crippen LogP contribution >= 0.6 is 15.9 Å². The van der Waals surface area contributed by atoms with Crippen molar-refractivity contribution in [1.82, 2.24) is 5.32 Å². The quantitative estimate of drug-likeness (QED) is 0.869. The van der Waals surface area contributed by atoms with Gasteiger partial charge in [0.1, 0.15) is 0 Å². The van der Waals surface area contributed by atoms with Crippen molar-refractivity contribution in [2.24, 2.45) is 0 Å². The Morgan fingerprint density at radius 1 is 1.44 bits per heavy atom. The first-order valence-corrected chi connectivity index (χ1v) is 6.87. The second kappa shape index (κ2) is 5.61. The van der Waals surface area contributed by atoms with Gasteiger partial charge < -0.3 is 14.8 Å². The number of amides is 1. The Kier molecular flexibility index (Phi) is 4.11. The van der Waals surface area contributed by atoms with E-state index in [1.165, 1.54) is 0 Å². The molecule has 1 aliphatic heterocycles. The molecule has 1 aliphatic rings. The molecule has 2 atom stereocenters. The molecule has 1 heterocycles. The lowest BCUT2D eigenvalue weighted by Gasteiger charge is -2.16. The van der Waals surface area contributed by atoms with Gasteiger partial charge in [-0.15, -0.1) is 0 Å². The van der Waals surface area contributed by atoms with Gasteiger partial charge in [-0.1, -0.05) is 28.9 Å². The van der Waals surface area contributed by atoms with Crippen LogP contribution in [-0.4, -0.2) is 17.5 Å². The minimum Gasteiger partial charge on any atom is -0.454 e. The molecule has 5 heteroatoms. The minimum absolute atomic E-state index is 0.00247. The van der Waals surface area contributed by atoms with E-state index >= 15 is 0 Å². The number of halogens is 1. The zero-order chi connectivity index (χ0) is 13.1. The molecule has 2 rings (SSSR count). The number of ether oxygens (including phenoxy) is 2. The molecule has 0 fully saturated rings. The monoisotopic (exact) mass is 313 g/mol. The van der Waals surface area contributed by atoms with E-state index < -0.39 is 0 Å². The van der Waals surface area contributed by atoms with Gasteiger partial charge in [-0.2, -0.15) is 0 Å². The molecule has 1 N–H and O–H groups in total. The number of hydrogen-bond donors (Lipinski definition) is 1. The maximum Gasteiger partial charge on any atom is 0.234 e. The SMILES string of the molecule is CCC(Br)C(=O)NC(C)c1ccc2c(c1)OCO2. The van der Waals surface area contributed by atoms with Crippen LogP contribution in [0.25, 0.3) is 0 Å². The Balaban J connectivity index is 2.05. The molecule has 0 aliphatic carbocycles. The van der Waals surface area contributed by atoms with Crippen molar-refractivity contribution in [3.63, 3.8) is 0 Å². The van der Waals surface area contributed by atoms with E-state index in [0.717, 1.165) is 23.5 Å². The molecular formula is C13H16BrNO3. The molecule has 0 spiro atoms. The molecule has 2 unspecified atom stereocenters. The largest absolute Gasteiger partial charge is 0.454 e. The van der Waals surface area contributed by atoms with Crippen LogP contribution in [0.2, 0.25) is 0 Å². The zero-order valence-corrected chi connectivity index (χ0v) is 12.0. The molecule has 0 saturated carbocycles. The smallest absolute Gasteiger partial charge is 0.234 e. The lowest BCUT2D eigenvalue weighted by molar-refractivity contribution is -0.121. The number of fused-ring (bicyclic) bond motifs is 1. The van der Waals surface area contributed by atoms with Crippen molar-refractivity contribution in [1.29, 1.82) is 0 Å². The maximum absolute atomic E-state index is 11.8. The molecule has 0 bridgehead atoms. The number of benzene rings is 1. The van der Waals surface area contributed by atoms with Crippen LogP contribution in [0.3, 0.4) is 0 Å². The Bertz CT molecular complexity index is 450. The van der Waals surface area contributed by atoms with Crippen LogP contribution in [0.4, 0.5) is 0 Å². The fourth-order valence-corrected chi connectivity index (χ4v) is 1.89. The van der Waals surface area contributed by atoms with Crippen LogP contribution in [0.1, 0.15) is 31.9 Å². The summed E-state index contributed by atoms with van der Waals surface area (Å²) in [6, 6.07) is 5.65. The average Bonchev–Trinajstić information content (AvgIpc) is 2.84. The van der Waals surface area contributed by atoms with Crippen molar-refractivity contribution in [3.05, 3.63) is 23.8 Å². The normalized spacial score (nSPS) is 16.2. The molecule has 98 valence electrons. The third-order valence-electron chi connectivity index (χ3n) is 2.90. The van der Waals surface area contributed by atoms with Gasteiger partial charge in [0.25, 0.3) is 0 Å². The fourth-order valence-electron chi connectivity index (χ4n) is 1.76. The number of hydrogen-bond acceptors (Lipinski definition) is 3. The first-order valence-electron chi connectivity index (χ1n) is 5.95. The molecule has 0 radical (unpaired) electrons. The molecule has 4 nitrogen and oxygen atoms in total. The summed E-state index contributed by atoms with van der Waals surface area (Å²) in [5.41, 5.74) is 1.00. The Morgan fingerprint density at radius 2 is 2.17 bits per heavy atom. The average molecular weight is 314 g/mol. The van der Waals surface area contributed by atoms with Crippen molar-refractivity contribution in [2.45, 2.75) is 31.1 Å². The van der Waals surface area contributed by atoms with E-state index in [-0.39, 0.29) is 23.6 Å². The Labute approximate surface area is 115 Å². The van der Waals surface area contributed by atoms with Gasteiger partial charge in [-0.05, 0) is 31.0 Å². The first kappa shape index (κ1) is 13.2. The second-order valence-electron chi connectivity index (χ2n) is 4.22. The predicted octanol–water partition coefficient (Wildman–Crippen LogP) is 2.77. The van der Waals surface area contributed by atoms with Crippen molar-refractivity contribution in [3.8, 4) is 11.5 Å². The third kappa shape index (κ3) is 2.77. The fraction of sp³-hybridized carbons (Fsp3) is 0.462. The standard InChI is InChI=1S/C13H16BrNO3/c1-3-10(14)13(16)15-8(2)9-4-5-11-12(6-9)18-7-17-11/h4-6,8,10H,3,7H2,1-2H3,(H,15,16). The summed E-state index contributed by atoms with van der Waals surface area (Å²) in [7, 11) is 0. The van der Waals surface area contributed by atoms with Gasteiger partial charge in [-0.3, -0.25) is 4.79 Å². The molecule has 18 heavy (non-hydrogen) atoms. The van der Waals surface area contributed by atoms with Gasteiger partial charge in [-0.25, -0.2) is 0 Å². The van der Waals surface area contributed by atoms with E-state index in [4.69, 9.17) is 9.47 Å². The van der Waals surface area contributed by atoms with E-state index in [0.29, 0.717) is 0 Å². The number of alkyl halides is 1. The van der Waals surface area contributed by atoms with Gasteiger partial charge in [0, 0.05) is 0 Å². The highest BCUT2D eigenvalue weighted by Gasteiger charge is 2.19. The summed E-state index contributed by atoms with van der Waals surface area (Å²) in [6.45, 7) is 4.17. The van der Waals surface area contributed by atoms with Gasteiger partial charge >= 0.3 is 0 Å². The third-order valence-corrected chi connectivity index (χ3v) is 3.96. The molecule has 1 aromatic rings. The highest BCUT2D eigenvalue weighted by atomic mass is 79.9. The van der Waals surface area contributed by atoms with E-state index in [9.17, 15) is 4.79 Å². The minimum atomic E-state index is -0.144. The molecule has 0 saturated heterocycles. The number of carbonyl (C=O) groups is 1. The predicted molar refractivity (Wildman–Crippen MR) is 72.1 cm³/mol. The van der Waals surface area contributed by atoms with E-state index in [2.05, 4.69) is 21.2 Å². The lowest BCUT2D eigenvalue weighted by Crippen LogP contribution is -2.32. The molecule has 0 aromatic heterocycles. The van der Waals surface area contributed by atoms with Crippen molar-refractivity contribution < 1.29 is 14.3 Å². The highest BCUT2D eigenvalue weighted by molar-refractivity contribution is 9.10. The molecular weight excluding hydrogens is 298 g/mol. The lowest BCUT2D eigenvalue weighted by atomic mass is 10.1. The summed E-state index contributed by atoms with van der Waals surface area (Å²) in [4.78, 5) is 11.6. The summed E-state index contributed by atoms with van der Waals surface area (Å²) >= 11 is 3.34. The van der Waals surface area contributed by atoms with Crippen LogP contribution in [0.5, 0.6) is 11.5 Å². The van der Waals surface area contributed by atoms with Crippen LogP contribution in [0.15, 0.2) is 18.2 Å². The summed E-state index contributed by atoms with van der Waals surface area (Å²) < 4.78 is 10.6. The second-order valence-corrected chi connectivity index (χ2v) is 5.32. The van der Waals surface area contributed by atoms with Crippen molar-refractivity contribution in [2.75, 3.05) is 6.79 Å². The van der Waals surface area contributed by atoms with Gasteiger partial charge in [0.2, 0.25) is 12.7 Å². The Hall–Kier alpha value is -1.23. The van der Waals surface area contributed by atoms with Crippen molar-refractivity contribution >= 4 is 21.8 Å². The number of rotatable bonds is 4. The Morgan fingerprint density at radius 3 is 2.89 bits per heavy atom. The van der Waals surface area contributed by atoms with E-state index in [1.807, 2.05) is 32.0 Å². The summed E-state index contributed by atoms with van der Waals surface area (Å²) in [5, 5.41) is 2.96. The van der Waals surface area contributed by atoms with Gasteiger partial charge in [0.15, 0.2) is 11.5 Å². The summed E-state index contributed by atoms with van der Waals surface area (Å²) in [5.74, 6) is 1.49. The van der Waals surface area contributed by atoms with Crippen LogP contribution in [0, 0.1) is 0 Å². The first-order chi connectivity index (χ1) is 8.61. The summed E-state index contributed by atoms with van der Waals surface area (Å²) in [6.07, 6.45) is 0.764. The topological polar surface area (TPSA) is 47.6 Å². The van der Waals surface area contributed by atoms with Crippen LogP contribution in [-0.2, 0) is 4.79 Å². The molecule has 1 aromatic carbocycles. The van der Waals surface area contributed by atoms with E-state index in [1.54, 1.807) is 0 Å². The number of nitrogens with one attached hydrogen (secondary N) is 1. The number of carbonyl (C=O) groups excluding carboxylic acids is 1. The van der Waals surface area contributed by atoms with Crippen LogP contribution < -0.4 is 14.8 Å². The van der Waals surface area contributed by atoms with Gasteiger partial charge in [0.05, 0.1) is 10.9 Å². The molecule has 1 amide bonds. The highest BCUT2D eigenvalue weighted by Crippen LogP contribution is 2.34. The maximum atomic E-state index is 11.8.